The molecule has 0 bridgehead atoms. The monoisotopic (exact) mass is 436 g/mol. The Morgan fingerprint density at radius 2 is 1.10 bits per heavy atom. The maximum atomic E-state index is 13.3. The highest BCUT2D eigenvalue weighted by Crippen LogP contribution is 2.70. The van der Waals surface area contributed by atoms with Gasteiger partial charge in [-0.05, 0) is 71.0 Å². The lowest BCUT2D eigenvalue weighted by Gasteiger charge is -2.39. The van der Waals surface area contributed by atoms with Gasteiger partial charge in [-0.15, -0.1) is 0 Å². The van der Waals surface area contributed by atoms with E-state index in [1.807, 2.05) is 6.07 Å². The molecule has 3 aromatic carbocycles. The third-order valence-electron chi connectivity index (χ3n) is 4.20. The second-order valence-corrected chi connectivity index (χ2v) is 10.4. The van der Waals surface area contributed by atoms with Gasteiger partial charge in [0, 0.05) is 14.7 Å². The highest BCUT2D eigenvalue weighted by Gasteiger charge is 2.37. The van der Waals surface area contributed by atoms with Crippen LogP contribution in [0.1, 0.15) is 0 Å². The predicted molar refractivity (Wildman–Crippen MR) is 111 cm³/mol. The number of rotatable bonds is 8. The summed E-state index contributed by atoms with van der Waals surface area (Å²) in [6.07, 6.45) is 0. The van der Waals surface area contributed by atoms with Gasteiger partial charge in [-0.1, -0.05) is 18.2 Å². The van der Waals surface area contributed by atoms with Crippen molar-refractivity contribution in [2.75, 3.05) is 20.2 Å². The lowest BCUT2D eigenvalue weighted by Crippen LogP contribution is -2.15. The van der Waals surface area contributed by atoms with E-state index in [-0.39, 0.29) is 0 Å². The summed E-state index contributed by atoms with van der Waals surface area (Å²) in [7, 11) is -4.15. The summed E-state index contributed by atoms with van der Waals surface area (Å²) in [6.45, 7) is 0. The van der Waals surface area contributed by atoms with Crippen LogP contribution in [0.15, 0.2) is 93.5 Å². The number of hydrogen-bond donors (Lipinski definition) is 0. The van der Waals surface area contributed by atoms with Crippen molar-refractivity contribution in [2.45, 2.75) is 14.7 Å². The van der Waals surface area contributed by atoms with Crippen molar-refractivity contribution in [1.82, 2.24) is 0 Å². The Morgan fingerprint density at radius 3 is 1.48 bits per heavy atom. The third-order valence-corrected chi connectivity index (χ3v) is 8.92. The maximum absolute atomic E-state index is 13.3. The normalized spacial score (nSPS) is 12.4. The van der Waals surface area contributed by atoms with E-state index in [4.69, 9.17) is 13.1 Å². The molecule has 0 unspecified atom stereocenters. The second kappa shape index (κ2) is 8.86. The lowest BCUT2D eigenvalue weighted by atomic mass is 10.3. The van der Waals surface area contributed by atoms with Gasteiger partial charge >= 0.3 is 10.1 Å². The van der Waals surface area contributed by atoms with E-state index in [1.54, 1.807) is 87.0 Å². The molecule has 0 aliphatic heterocycles. The molecule has 3 rings (SSSR count). The van der Waals surface area contributed by atoms with Crippen molar-refractivity contribution in [3.63, 3.8) is 0 Å². The van der Waals surface area contributed by atoms with E-state index in [0.29, 0.717) is 26.2 Å². The zero-order chi connectivity index (χ0) is 20.9. The van der Waals surface area contributed by atoms with Gasteiger partial charge in [-0.2, -0.15) is 8.42 Å². The Morgan fingerprint density at radius 1 is 0.690 bits per heavy atom. The van der Waals surface area contributed by atoms with E-state index >= 15 is 0 Å². The number of alkyl halides is 1. The smallest absolute Gasteiger partial charge is 0.307 e. The van der Waals surface area contributed by atoms with Crippen LogP contribution in [0.25, 0.3) is 0 Å². The average Bonchev–Trinajstić information content (AvgIpc) is 2.78. The minimum Gasteiger partial charge on any atom is -0.497 e. The summed E-state index contributed by atoms with van der Waals surface area (Å²) in [4.78, 5) is 1.80. The molecule has 29 heavy (non-hydrogen) atoms. The molecule has 154 valence electrons. The molecular weight excluding hydrogens is 415 g/mol. The van der Waals surface area contributed by atoms with E-state index < -0.39 is 26.4 Å². The Hall–Kier alpha value is -2.55. The van der Waals surface area contributed by atoms with Gasteiger partial charge in [0.05, 0.1) is 14.2 Å². The first kappa shape index (κ1) is 21.2. The predicted octanol–water partition coefficient (Wildman–Crippen LogP) is 5.17. The molecule has 0 aliphatic rings. The van der Waals surface area contributed by atoms with Gasteiger partial charge in [-0.3, -0.25) is 0 Å². The molecule has 0 spiro atoms. The minimum atomic E-state index is -4.45. The molecule has 0 heterocycles. The number of halogens is 1. The van der Waals surface area contributed by atoms with Gasteiger partial charge < -0.3 is 9.47 Å². The van der Waals surface area contributed by atoms with E-state index in [0.717, 1.165) is 0 Å². The van der Waals surface area contributed by atoms with Gasteiger partial charge in [0.25, 0.3) is 0 Å². The summed E-state index contributed by atoms with van der Waals surface area (Å²) in [5.74, 6) is 1.22. The molecule has 5 nitrogen and oxygen atoms in total. The fourth-order valence-electron chi connectivity index (χ4n) is 2.85. The fraction of sp³-hybridized carbons (Fsp3) is 0.143. The molecule has 0 fully saturated rings. The lowest BCUT2D eigenvalue weighted by molar-refractivity contribution is 0.414. The maximum Gasteiger partial charge on any atom is 0.307 e. The van der Waals surface area contributed by atoms with Crippen molar-refractivity contribution < 1.29 is 25.9 Å². The van der Waals surface area contributed by atoms with Crippen molar-refractivity contribution in [2.24, 2.45) is 0 Å². The van der Waals surface area contributed by atoms with E-state index in [9.17, 15) is 12.8 Å². The van der Waals surface area contributed by atoms with Gasteiger partial charge in [-0.25, -0.2) is 8.02 Å². The van der Waals surface area contributed by atoms with Gasteiger partial charge in [0.1, 0.15) is 11.5 Å². The Balaban J connectivity index is 2.33. The molecule has 0 aromatic heterocycles. The van der Waals surface area contributed by atoms with Crippen LogP contribution in [0, 0.1) is 0 Å². The number of methoxy groups -OCH3 is 2. The molecule has 0 saturated carbocycles. The Bertz CT molecular complexity index is 989. The number of benzene rings is 3. The largest absolute Gasteiger partial charge is 0.497 e. The number of hydrogen-bond acceptors (Lipinski definition) is 5. The fourth-order valence-corrected chi connectivity index (χ4v) is 7.57. The summed E-state index contributed by atoms with van der Waals surface area (Å²) in [6, 6.07) is 21.1. The molecule has 0 radical (unpaired) electrons. The Labute approximate surface area is 171 Å². The first-order valence-corrected chi connectivity index (χ1v) is 11.7. The van der Waals surface area contributed by atoms with Crippen molar-refractivity contribution >= 4 is 20.4 Å². The van der Waals surface area contributed by atoms with Gasteiger partial charge in [0.15, 0.2) is 0 Å². The molecule has 0 aliphatic carbocycles. The molecule has 3 aromatic rings. The summed E-state index contributed by atoms with van der Waals surface area (Å²) < 4.78 is 54.2. The van der Waals surface area contributed by atoms with Crippen LogP contribution >= 0.6 is 10.3 Å². The molecule has 0 amide bonds. The quantitative estimate of drug-likeness (QED) is 0.487. The van der Waals surface area contributed by atoms with Crippen LogP contribution < -0.4 is 9.47 Å². The topological polar surface area (TPSA) is 61.8 Å². The zero-order valence-corrected chi connectivity index (χ0v) is 17.6. The van der Waals surface area contributed by atoms with E-state index in [1.165, 1.54) is 0 Å². The first-order valence-electron chi connectivity index (χ1n) is 8.61. The van der Waals surface area contributed by atoms with Crippen LogP contribution in [0.3, 0.4) is 0 Å². The van der Waals surface area contributed by atoms with Crippen molar-refractivity contribution in [3.05, 3.63) is 78.9 Å². The highest BCUT2D eigenvalue weighted by molar-refractivity contribution is 8.33. The average molecular weight is 437 g/mol. The number of ether oxygens (including phenoxy) is 2. The van der Waals surface area contributed by atoms with Crippen LogP contribution in [-0.4, -0.2) is 28.6 Å². The SMILES string of the molecule is COc1ccc(S(OS(=O)(=O)CF)(c2ccccc2)c2ccc(OC)cc2)cc1. The molecular formula is C21H21FO5S2. The summed E-state index contributed by atoms with van der Waals surface area (Å²) in [5, 5.41) is 0. The highest BCUT2D eigenvalue weighted by atomic mass is 32.3. The molecule has 0 N–H and O–H groups in total. The minimum absolute atomic E-state index is 0.590. The zero-order valence-electron chi connectivity index (χ0n) is 15.9. The summed E-state index contributed by atoms with van der Waals surface area (Å²) >= 11 is 0. The van der Waals surface area contributed by atoms with Crippen molar-refractivity contribution in [3.8, 4) is 11.5 Å². The summed E-state index contributed by atoms with van der Waals surface area (Å²) in [5.41, 5.74) is 0. The van der Waals surface area contributed by atoms with Crippen LogP contribution in [0.2, 0.25) is 0 Å². The third kappa shape index (κ3) is 4.39. The standard InChI is InChI=1S/C21H21FO5S2/c1-25-17-8-12-20(13-9-17)29(27-28(23,24)16-22,19-6-4-3-5-7-19)21-14-10-18(26-2)11-15-21/h3-15H,16H2,1-2H3. The van der Waals surface area contributed by atoms with E-state index in [2.05, 4.69) is 0 Å². The van der Waals surface area contributed by atoms with Gasteiger partial charge in [0.2, 0.25) is 6.01 Å². The second-order valence-electron chi connectivity index (χ2n) is 5.96. The van der Waals surface area contributed by atoms with Crippen molar-refractivity contribution in [1.29, 1.82) is 0 Å². The first-order chi connectivity index (χ1) is 13.9. The molecule has 0 atom stereocenters. The van der Waals surface area contributed by atoms with Crippen LogP contribution in [-0.2, 0) is 13.7 Å². The molecule has 8 heteroatoms. The Kier molecular flexibility index (Phi) is 6.46. The molecule has 0 saturated heterocycles. The van der Waals surface area contributed by atoms with Crippen LogP contribution in [0.5, 0.6) is 11.5 Å². The van der Waals surface area contributed by atoms with Crippen LogP contribution in [0.4, 0.5) is 4.39 Å².